The molecule has 20 heavy (non-hydrogen) atoms. The Bertz CT molecular complexity index is 468. The Morgan fingerprint density at radius 1 is 1.30 bits per heavy atom. The van der Waals surface area contributed by atoms with E-state index in [-0.39, 0.29) is 5.69 Å². The summed E-state index contributed by atoms with van der Waals surface area (Å²) in [6.45, 7) is 1.97. The first-order valence-corrected chi connectivity index (χ1v) is 7.20. The molecule has 7 nitrogen and oxygen atoms in total. The van der Waals surface area contributed by atoms with Crippen LogP contribution in [-0.4, -0.2) is 40.1 Å². The molecule has 108 valence electrons. The highest BCUT2D eigenvalue weighted by Crippen LogP contribution is 2.30. The lowest BCUT2D eigenvalue weighted by atomic mass is 10.0. The topological polar surface area (TPSA) is 84.2 Å². The van der Waals surface area contributed by atoms with Gasteiger partial charge in [-0.05, 0) is 32.2 Å². The van der Waals surface area contributed by atoms with Gasteiger partial charge in [0, 0.05) is 18.6 Å². The normalized spacial score (nSPS) is 22.5. The lowest BCUT2D eigenvalue weighted by Gasteiger charge is -2.30. The molecule has 0 spiro atoms. The van der Waals surface area contributed by atoms with E-state index in [0.717, 1.165) is 25.9 Å². The molecule has 1 saturated heterocycles. The summed E-state index contributed by atoms with van der Waals surface area (Å²) in [5.41, 5.74) is -0.0553. The van der Waals surface area contributed by atoms with E-state index in [2.05, 4.69) is 20.2 Å². The third kappa shape index (κ3) is 3.04. The van der Waals surface area contributed by atoms with E-state index in [1.165, 1.54) is 31.7 Å². The van der Waals surface area contributed by atoms with Crippen molar-refractivity contribution in [3.8, 4) is 0 Å². The number of anilines is 1. The minimum Gasteiger partial charge on any atom is -0.336 e. The molecular formula is C13H19N5O2. The molecule has 2 aliphatic rings. The Morgan fingerprint density at radius 3 is 2.60 bits per heavy atom. The van der Waals surface area contributed by atoms with Gasteiger partial charge in [-0.15, -0.1) is 0 Å². The minimum absolute atomic E-state index is 0.0553. The number of nitrogens with zero attached hydrogens (tertiary/aromatic N) is 4. The molecule has 0 radical (unpaired) electrons. The van der Waals surface area contributed by atoms with E-state index in [9.17, 15) is 10.1 Å². The van der Waals surface area contributed by atoms with E-state index in [1.54, 1.807) is 0 Å². The average molecular weight is 277 g/mol. The van der Waals surface area contributed by atoms with Crippen LogP contribution in [0.1, 0.15) is 32.1 Å². The molecule has 1 aromatic heterocycles. The summed E-state index contributed by atoms with van der Waals surface area (Å²) in [7, 11) is 0. The van der Waals surface area contributed by atoms with Crippen LogP contribution in [0.4, 0.5) is 11.6 Å². The minimum atomic E-state index is -0.464. The number of hydrogen-bond acceptors (Lipinski definition) is 6. The molecule has 1 N–H and O–H groups in total. The largest absolute Gasteiger partial charge is 0.336 e. The van der Waals surface area contributed by atoms with E-state index in [1.807, 2.05) is 0 Å². The maximum absolute atomic E-state index is 10.6. The zero-order valence-electron chi connectivity index (χ0n) is 11.4. The third-order valence-corrected chi connectivity index (χ3v) is 3.91. The van der Waals surface area contributed by atoms with Crippen LogP contribution >= 0.6 is 0 Å². The number of nitrogens with one attached hydrogen (secondary N) is 1. The first kappa shape index (κ1) is 13.2. The first-order valence-electron chi connectivity index (χ1n) is 7.20. The highest BCUT2D eigenvalue weighted by molar-refractivity contribution is 5.37. The highest BCUT2D eigenvalue weighted by atomic mass is 16.6. The fourth-order valence-electron chi connectivity index (χ4n) is 2.65. The van der Waals surface area contributed by atoms with Crippen molar-refractivity contribution in [2.45, 2.75) is 44.2 Å². The number of aromatic nitrogens is 2. The maximum atomic E-state index is 10.6. The van der Waals surface area contributed by atoms with Crippen LogP contribution in [-0.2, 0) is 0 Å². The lowest BCUT2D eigenvalue weighted by molar-refractivity contribution is -0.385. The van der Waals surface area contributed by atoms with Crippen molar-refractivity contribution in [2.24, 2.45) is 0 Å². The molecule has 0 amide bonds. The van der Waals surface area contributed by atoms with Crippen molar-refractivity contribution in [3.05, 3.63) is 22.5 Å². The van der Waals surface area contributed by atoms with Gasteiger partial charge in [0.1, 0.15) is 12.4 Å². The van der Waals surface area contributed by atoms with Crippen LogP contribution in [0.25, 0.3) is 0 Å². The van der Waals surface area contributed by atoms with Crippen LogP contribution in [0.2, 0.25) is 0 Å². The molecule has 1 aliphatic heterocycles. The summed E-state index contributed by atoms with van der Waals surface area (Å²) in [6, 6.07) is 0.975. The zero-order chi connectivity index (χ0) is 13.9. The van der Waals surface area contributed by atoms with Gasteiger partial charge in [-0.3, -0.25) is 10.1 Å². The molecule has 1 atom stereocenters. The summed E-state index contributed by atoms with van der Waals surface area (Å²) in [4.78, 5) is 20.7. The predicted molar refractivity (Wildman–Crippen MR) is 74.7 cm³/mol. The third-order valence-electron chi connectivity index (χ3n) is 3.91. The molecule has 0 bridgehead atoms. The standard InChI is InChI=1S/C13H19N5O2/c19-18(20)12-7-15-13(16-8-12)17(11-4-5-11)9-10-3-1-2-6-14-10/h7-8,10-11,14H,1-6,9H2. The summed E-state index contributed by atoms with van der Waals surface area (Å²) in [6.07, 6.45) is 8.60. The van der Waals surface area contributed by atoms with Crippen molar-refractivity contribution >= 4 is 11.6 Å². The Balaban J connectivity index is 1.71. The fourth-order valence-corrected chi connectivity index (χ4v) is 2.65. The lowest BCUT2D eigenvalue weighted by Crippen LogP contribution is -2.45. The van der Waals surface area contributed by atoms with Gasteiger partial charge in [0.25, 0.3) is 0 Å². The second-order valence-corrected chi connectivity index (χ2v) is 5.53. The van der Waals surface area contributed by atoms with Gasteiger partial charge in [-0.2, -0.15) is 0 Å². The van der Waals surface area contributed by atoms with Crippen molar-refractivity contribution in [1.82, 2.24) is 15.3 Å². The number of hydrogen-bond donors (Lipinski definition) is 1. The van der Waals surface area contributed by atoms with Gasteiger partial charge in [0.2, 0.25) is 5.95 Å². The Labute approximate surface area is 117 Å². The van der Waals surface area contributed by atoms with E-state index < -0.39 is 4.92 Å². The molecular weight excluding hydrogens is 258 g/mol. The average Bonchev–Trinajstić information content (AvgIpc) is 3.30. The number of piperidine rings is 1. The molecule has 1 aromatic rings. The monoisotopic (exact) mass is 277 g/mol. The van der Waals surface area contributed by atoms with Crippen LogP contribution in [0.15, 0.2) is 12.4 Å². The van der Waals surface area contributed by atoms with Crippen molar-refractivity contribution in [2.75, 3.05) is 18.0 Å². The molecule has 0 aromatic carbocycles. The van der Waals surface area contributed by atoms with Crippen molar-refractivity contribution in [3.63, 3.8) is 0 Å². The SMILES string of the molecule is O=[N+]([O-])c1cnc(N(CC2CCCCN2)C2CC2)nc1. The summed E-state index contributed by atoms with van der Waals surface area (Å²) >= 11 is 0. The maximum Gasteiger partial charge on any atom is 0.305 e. The second kappa shape index (κ2) is 5.70. The van der Waals surface area contributed by atoms with Gasteiger partial charge >= 0.3 is 5.69 Å². The number of nitro groups is 1. The second-order valence-electron chi connectivity index (χ2n) is 5.53. The van der Waals surface area contributed by atoms with Gasteiger partial charge < -0.3 is 10.2 Å². The summed E-state index contributed by atoms with van der Waals surface area (Å²) in [5.74, 6) is 0.616. The van der Waals surface area contributed by atoms with E-state index in [4.69, 9.17) is 0 Å². The Morgan fingerprint density at radius 2 is 2.05 bits per heavy atom. The van der Waals surface area contributed by atoms with Crippen LogP contribution in [0.3, 0.4) is 0 Å². The summed E-state index contributed by atoms with van der Waals surface area (Å²) in [5, 5.41) is 14.2. The fraction of sp³-hybridized carbons (Fsp3) is 0.692. The molecule has 1 aliphatic carbocycles. The molecule has 1 saturated carbocycles. The van der Waals surface area contributed by atoms with Gasteiger partial charge in [0.15, 0.2) is 0 Å². The Hall–Kier alpha value is -1.76. The number of rotatable bonds is 5. The first-order chi connectivity index (χ1) is 9.74. The summed E-state index contributed by atoms with van der Waals surface area (Å²) < 4.78 is 0. The molecule has 7 heteroatoms. The van der Waals surface area contributed by atoms with Gasteiger partial charge in [0.05, 0.1) is 4.92 Å². The van der Waals surface area contributed by atoms with E-state index >= 15 is 0 Å². The van der Waals surface area contributed by atoms with Crippen LogP contribution in [0, 0.1) is 10.1 Å². The van der Waals surface area contributed by atoms with E-state index in [0.29, 0.717) is 18.0 Å². The molecule has 1 unspecified atom stereocenters. The Kier molecular flexibility index (Phi) is 3.77. The highest BCUT2D eigenvalue weighted by Gasteiger charge is 2.32. The predicted octanol–water partition coefficient (Wildman–Crippen LogP) is 1.50. The van der Waals surface area contributed by atoms with Crippen LogP contribution < -0.4 is 10.2 Å². The van der Waals surface area contributed by atoms with Crippen molar-refractivity contribution in [1.29, 1.82) is 0 Å². The van der Waals surface area contributed by atoms with Gasteiger partial charge in [-0.1, -0.05) is 6.42 Å². The zero-order valence-corrected chi connectivity index (χ0v) is 11.4. The van der Waals surface area contributed by atoms with Crippen LogP contribution in [0.5, 0.6) is 0 Å². The van der Waals surface area contributed by atoms with Gasteiger partial charge in [-0.25, -0.2) is 9.97 Å². The molecule has 2 fully saturated rings. The molecule has 3 rings (SSSR count). The smallest absolute Gasteiger partial charge is 0.305 e. The molecule has 2 heterocycles. The van der Waals surface area contributed by atoms with Crippen molar-refractivity contribution < 1.29 is 4.92 Å². The quantitative estimate of drug-likeness (QED) is 0.648.